The fourth-order valence-electron chi connectivity index (χ4n) is 5.17. The van der Waals surface area contributed by atoms with Crippen molar-refractivity contribution < 1.29 is 15.0 Å². The molecule has 18 heavy (non-hydrogen) atoms. The average Bonchev–Trinajstić information content (AvgIpc) is 2.87. The van der Waals surface area contributed by atoms with Gasteiger partial charge in [-0.1, -0.05) is 13.0 Å². The van der Waals surface area contributed by atoms with Crippen molar-refractivity contribution >= 4 is 5.97 Å². The second-order valence-corrected chi connectivity index (χ2v) is 6.90. The second kappa shape index (κ2) is 3.60. The number of carboxylic acids is 1. The van der Waals surface area contributed by atoms with Gasteiger partial charge in [0.2, 0.25) is 0 Å². The van der Waals surface area contributed by atoms with Crippen LogP contribution < -0.4 is 0 Å². The van der Waals surface area contributed by atoms with E-state index in [-0.39, 0.29) is 12.0 Å². The lowest BCUT2D eigenvalue weighted by atomic mass is 9.67. The molecule has 0 saturated heterocycles. The monoisotopic (exact) mass is 250 g/mol. The number of rotatable bonds is 2. The van der Waals surface area contributed by atoms with Crippen molar-refractivity contribution in [3.05, 3.63) is 11.6 Å². The molecule has 3 heteroatoms. The maximum absolute atomic E-state index is 11.6. The first-order valence-electron chi connectivity index (χ1n) is 6.99. The Balaban J connectivity index is 2.04. The molecule has 100 valence electrons. The summed E-state index contributed by atoms with van der Waals surface area (Å²) in [5.74, 6) is 0.710. The highest BCUT2D eigenvalue weighted by Gasteiger charge is 2.65. The van der Waals surface area contributed by atoms with Gasteiger partial charge in [-0.25, -0.2) is 0 Å². The molecule has 5 atom stereocenters. The lowest BCUT2D eigenvalue weighted by molar-refractivity contribution is -0.148. The van der Waals surface area contributed by atoms with Gasteiger partial charge in [-0.15, -0.1) is 0 Å². The second-order valence-electron chi connectivity index (χ2n) is 6.90. The molecular formula is C15H22O3. The number of aliphatic hydroxyl groups is 1. The molecular weight excluding hydrogens is 228 g/mol. The molecule has 0 heterocycles. The van der Waals surface area contributed by atoms with E-state index >= 15 is 0 Å². The normalized spacial score (nSPS) is 49.9. The Morgan fingerprint density at radius 1 is 1.50 bits per heavy atom. The molecule has 0 aromatic heterocycles. The molecule has 0 amide bonds. The van der Waals surface area contributed by atoms with Gasteiger partial charge in [0.15, 0.2) is 0 Å². The van der Waals surface area contributed by atoms with Gasteiger partial charge < -0.3 is 10.2 Å². The molecule has 1 spiro atoms. The van der Waals surface area contributed by atoms with E-state index in [0.29, 0.717) is 24.2 Å². The number of aliphatic carboxylic acids is 1. The minimum atomic E-state index is -0.665. The Morgan fingerprint density at radius 3 is 2.83 bits per heavy atom. The van der Waals surface area contributed by atoms with Gasteiger partial charge >= 0.3 is 5.97 Å². The number of allylic oxidation sites excluding steroid dienone is 1. The van der Waals surface area contributed by atoms with Crippen molar-refractivity contribution in [1.82, 2.24) is 0 Å². The summed E-state index contributed by atoms with van der Waals surface area (Å²) >= 11 is 0. The van der Waals surface area contributed by atoms with Gasteiger partial charge in [-0.05, 0) is 61.3 Å². The largest absolute Gasteiger partial charge is 0.481 e. The van der Waals surface area contributed by atoms with Crippen molar-refractivity contribution in [3.8, 4) is 0 Å². The van der Waals surface area contributed by atoms with E-state index < -0.39 is 11.4 Å². The first kappa shape index (κ1) is 12.2. The molecule has 2 fully saturated rings. The van der Waals surface area contributed by atoms with E-state index in [0.717, 1.165) is 18.4 Å². The van der Waals surface area contributed by atoms with Crippen LogP contribution in [-0.4, -0.2) is 22.8 Å². The van der Waals surface area contributed by atoms with E-state index in [9.17, 15) is 15.0 Å². The molecule has 2 saturated carbocycles. The molecule has 0 aromatic carbocycles. The Kier molecular flexibility index (Phi) is 2.44. The Hall–Kier alpha value is -0.830. The highest BCUT2D eigenvalue weighted by molar-refractivity contribution is 5.75. The van der Waals surface area contributed by atoms with Crippen LogP contribution >= 0.6 is 0 Å². The smallest absolute Gasteiger partial charge is 0.309 e. The Bertz CT molecular complexity index is 427. The molecule has 3 rings (SSSR count). The van der Waals surface area contributed by atoms with Crippen LogP contribution in [-0.2, 0) is 4.79 Å². The van der Waals surface area contributed by atoms with Gasteiger partial charge in [0.05, 0.1) is 12.0 Å². The summed E-state index contributed by atoms with van der Waals surface area (Å²) in [5.41, 5.74) is 0.637. The van der Waals surface area contributed by atoms with Crippen LogP contribution in [0.15, 0.2) is 11.6 Å². The molecule has 0 radical (unpaired) electrons. The van der Waals surface area contributed by atoms with E-state index in [1.807, 2.05) is 6.92 Å². The maximum Gasteiger partial charge on any atom is 0.309 e. The molecule has 0 aliphatic heterocycles. The van der Waals surface area contributed by atoms with Gasteiger partial charge in [0.1, 0.15) is 0 Å². The molecule has 3 aliphatic rings. The zero-order chi connectivity index (χ0) is 13.1. The first-order chi connectivity index (χ1) is 8.44. The number of carboxylic acid groups (broad SMARTS) is 1. The summed E-state index contributed by atoms with van der Waals surface area (Å²) in [4.78, 5) is 11.6. The zero-order valence-electron chi connectivity index (χ0n) is 11.1. The summed E-state index contributed by atoms with van der Waals surface area (Å²) in [6, 6.07) is 0. The van der Waals surface area contributed by atoms with Crippen LogP contribution in [0.25, 0.3) is 0 Å². The Morgan fingerprint density at radius 2 is 2.22 bits per heavy atom. The third-order valence-corrected chi connectivity index (χ3v) is 6.08. The minimum absolute atomic E-state index is 0.103. The predicted molar refractivity (Wildman–Crippen MR) is 68.0 cm³/mol. The SMILES string of the molecule is CC1CCC2C=C(CO)C3CC(C)(C(=O)O)CC123. The van der Waals surface area contributed by atoms with E-state index in [2.05, 4.69) is 13.0 Å². The quantitative estimate of drug-likeness (QED) is 0.740. The fourth-order valence-corrected chi connectivity index (χ4v) is 5.17. The third-order valence-electron chi connectivity index (χ3n) is 6.08. The molecule has 5 unspecified atom stereocenters. The predicted octanol–water partition coefficient (Wildman–Crippen LogP) is 2.45. The highest BCUT2D eigenvalue weighted by atomic mass is 16.4. The van der Waals surface area contributed by atoms with Crippen molar-refractivity contribution in [1.29, 1.82) is 0 Å². The van der Waals surface area contributed by atoms with Crippen LogP contribution in [0, 0.1) is 28.6 Å². The van der Waals surface area contributed by atoms with E-state index in [4.69, 9.17) is 0 Å². The maximum atomic E-state index is 11.6. The molecule has 3 nitrogen and oxygen atoms in total. The summed E-state index contributed by atoms with van der Waals surface area (Å²) in [7, 11) is 0. The lowest BCUT2D eigenvalue weighted by Gasteiger charge is -2.36. The van der Waals surface area contributed by atoms with Gasteiger partial charge in [0.25, 0.3) is 0 Å². The molecule has 0 aromatic rings. The number of hydrogen-bond acceptors (Lipinski definition) is 2. The van der Waals surface area contributed by atoms with Gasteiger partial charge in [0, 0.05) is 0 Å². The van der Waals surface area contributed by atoms with Gasteiger partial charge in [-0.2, -0.15) is 0 Å². The summed E-state index contributed by atoms with van der Waals surface area (Å²) in [5, 5.41) is 19.1. The topological polar surface area (TPSA) is 57.5 Å². The zero-order valence-corrected chi connectivity index (χ0v) is 11.1. The highest BCUT2D eigenvalue weighted by Crippen LogP contribution is 2.70. The molecule has 3 aliphatic carbocycles. The van der Waals surface area contributed by atoms with Gasteiger partial charge in [-0.3, -0.25) is 4.79 Å². The first-order valence-corrected chi connectivity index (χ1v) is 6.99. The van der Waals surface area contributed by atoms with Crippen molar-refractivity contribution in [2.24, 2.45) is 28.6 Å². The van der Waals surface area contributed by atoms with Crippen molar-refractivity contribution in [2.45, 2.75) is 39.5 Å². The lowest BCUT2D eigenvalue weighted by Crippen LogP contribution is -2.33. The Labute approximate surface area is 108 Å². The summed E-state index contributed by atoms with van der Waals surface area (Å²) in [6.07, 6.45) is 6.11. The summed E-state index contributed by atoms with van der Waals surface area (Å²) in [6.45, 7) is 4.26. The standard InChI is InChI=1S/C15H22O3/c1-9-3-4-11-5-10(7-16)12-6-14(2,13(17)18)8-15(9,11)12/h5,9,11-12,16H,3-4,6-8H2,1-2H3,(H,17,18). The molecule has 0 bridgehead atoms. The van der Waals surface area contributed by atoms with Crippen LogP contribution in [0.2, 0.25) is 0 Å². The molecule has 2 N–H and O–H groups in total. The van der Waals surface area contributed by atoms with Crippen molar-refractivity contribution in [2.75, 3.05) is 6.61 Å². The third kappa shape index (κ3) is 1.26. The van der Waals surface area contributed by atoms with Crippen LogP contribution in [0.5, 0.6) is 0 Å². The fraction of sp³-hybridized carbons (Fsp3) is 0.800. The minimum Gasteiger partial charge on any atom is -0.481 e. The number of hydrogen-bond donors (Lipinski definition) is 2. The number of carbonyl (C=O) groups is 1. The van der Waals surface area contributed by atoms with Crippen molar-refractivity contribution in [3.63, 3.8) is 0 Å². The van der Waals surface area contributed by atoms with E-state index in [1.165, 1.54) is 6.42 Å². The van der Waals surface area contributed by atoms with Crippen LogP contribution in [0.4, 0.5) is 0 Å². The van der Waals surface area contributed by atoms with Crippen LogP contribution in [0.1, 0.15) is 39.5 Å². The average molecular weight is 250 g/mol. The van der Waals surface area contributed by atoms with Crippen LogP contribution in [0.3, 0.4) is 0 Å². The number of aliphatic hydroxyl groups excluding tert-OH is 1. The summed E-state index contributed by atoms with van der Waals surface area (Å²) < 4.78 is 0. The van der Waals surface area contributed by atoms with E-state index in [1.54, 1.807) is 0 Å².